The van der Waals surface area contributed by atoms with Gasteiger partial charge in [0.25, 0.3) is 0 Å². The smallest absolute Gasteiger partial charge is 0.159 e. The van der Waals surface area contributed by atoms with Crippen molar-refractivity contribution in [1.29, 1.82) is 0 Å². The maximum atomic E-state index is 11.8. The molecule has 126 valence electrons. The van der Waals surface area contributed by atoms with Crippen molar-refractivity contribution in [1.82, 2.24) is 0 Å². The molecule has 3 rings (SSSR count). The minimum Gasteiger partial charge on any atom is -0.295 e. The van der Waals surface area contributed by atoms with Crippen LogP contribution in [0.15, 0.2) is 42.5 Å². The summed E-state index contributed by atoms with van der Waals surface area (Å²) in [6, 6.07) is 15.0. The van der Waals surface area contributed by atoms with Gasteiger partial charge in [-0.25, -0.2) is 0 Å². The van der Waals surface area contributed by atoms with Gasteiger partial charge in [0, 0.05) is 5.56 Å². The van der Waals surface area contributed by atoms with Gasteiger partial charge in [-0.05, 0) is 65.8 Å². The fraction of sp³-hybridized carbons (Fsp3) is 0.435. The largest absolute Gasteiger partial charge is 0.295 e. The highest BCUT2D eigenvalue weighted by Gasteiger charge is 2.36. The summed E-state index contributed by atoms with van der Waals surface area (Å²) in [6.07, 6.45) is 4.93. The highest BCUT2D eigenvalue weighted by molar-refractivity contribution is 5.95. The molecule has 0 aliphatic heterocycles. The lowest BCUT2D eigenvalue weighted by atomic mass is 9.75. The molecule has 1 saturated carbocycles. The maximum absolute atomic E-state index is 11.8. The SMILES string of the molecule is CCc1ccc(-c2cccc(C(C)=O)c2)c([C@H]2CCCC2(C)C)c1. The van der Waals surface area contributed by atoms with Crippen LogP contribution in [0.3, 0.4) is 0 Å². The van der Waals surface area contributed by atoms with Crippen LogP contribution in [-0.2, 0) is 6.42 Å². The second kappa shape index (κ2) is 6.55. The van der Waals surface area contributed by atoms with Crippen LogP contribution in [0.2, 0.25) is 0 Å². The molecular formula is C23H28O. The van der Waals surface area contributed by atoms with E-state index in [0.29, 0.717) is 11.3 Å². The van der Waals surface area contributed by atoms with E-state index in [1.807, 2.05) is 12.1 Å². The molecule has 1 nitrogen and oxygen atoms in total. The monoisotopic (exact) mass is 320 g/mol. The fourth-order valence-corrected chi connectivity index (χ4v) is 4.19. The van der Waals surface area contributed by atoms with Gasteiger partial charge in [-0.15, -0.1) is 0 Å². The lowest BCUT2D eigenvalue weighted by Crippen LogP contribution is -2.16. The van der Waals surface area contributed by atoms with E-state index in [-0.39, 0.29) is 5.78 Å². The molecule has 1 atom stereocenters. The number of ketones is 1. The summed E-state index contributed by atoms with van der Waals surface area (Å²) in [7, 11) is 0. The Kier molecular flexibility index (Phi) is 4.62. The molecule has 0 amide bonds. The Morgan fingerprint density at radius 1 is 1.17 bits per heavy atom. The zero-order valence-electron chi connectivity index (χ0n) is 15.4. The molecule has 0 heterocycles. The van der Waals surface area contributed by atoms with E-state index >= 15 is 0 Å². The van der Waals surface area contributed by atoms with Gasteiger partial charge in [0.2, 0.25) is 0 Å². The summed E-state index contributed by atoms with van der Waals surface area (Å²) >= 11 is 0. The lowest BCUT2D eigenvalue weighted by molar-refractivity contribution is 0.101. The molecule has 0 unspecified atom stereocenters. The van der Waals surface area contributed by atoms with Gasteiger partial charge in [-0.2, -0.15) is 0 Å². The molecule has 1 heteroatoms. The second-order valence-electron chi connectivity index (χ2n) is 7.85. The first-order chi connectivity index (χ1) is 11.4. The summed E-state index contributed by atoms with van der Waals surface area (Å²) in [5.41, 5.74) is 6.48. The number of benzene rings is 2. The molecular weight excluding hydrogens is 292 g/mol. The van der Waals surface area contributed by atoms with Crippen molar-refractivity contribution in [2.45, 2.75) is 59.3 Å². The van der Waals surface area contributed by atoms with E-state index in [9.17, 15) is 4.79 Å². The highest BCUT2D eigenvalue weighted by Crippen LogP contribution is 2.51. The number of rotatable bonds is 4. The van der Waals surface area contributed by atoms with Gasteiger partial charge in [0.05, 0.1) is 0 Å². The van der Waals surface area contributed by atoms with Gasteiger partial charge in [-0.1, -0.05) is 63.6 Å². The zero-order valence-corrected chi connectivity index (χ0v) is 15.4. The topological polar surface area (TPSA) is 17.1 Å². The molecule has 1 fully saturated rings. The fourth-order valence-electron chi connectivity index (χ4n) is 4.19. The third kappa shape index (κ3) is 3.17. The van der Waals surface area contributed by atoms with Crippen LogP contribution in [0, 0.1) is 5.41 Å². The van der Waals surface area contributed by atoms with E-state index in [4.69, 9.17) is 0 Å². The molecule has 0 saturated heterocycles. The van der Waals surface area contributed by atoms with E-state index in [0.717, 1.165) is 12.0 Å². The molecule has 24 heavy (non-hydrogen) atoms. The summed E-state index contributed by atoms with van der Waals surface area (Å²) in [5.74, 6) is 0.727. The van der Waals surface area contributed by atoms with Crippen molar-refractivity contribution in [3.63, 3.8) is 0 Å². The van der Waals surface area contributed by atoms with E-state index in [2.05, 4.69) is 51.1 Å². The highest BCUT2D eigenvalue weighted by atomic mass is 16.1. The van der Waals surface area contributed by atoms with Crippen molar-refractivity contribution in [3.8, 4) is 11.1 Å². The Morgan fingerprint density at radius 2 is 1.96 bits per heavy atom. The Hall–Kier alpha value is -1.89. The van der Waals surface area contributed by atoms with Crippen LogP contribution in [-0.4, -0.2) is 5.78 Å². The average molecular weight is 320 g/mol. The van der Waals surface area contributed by atoms with Gasteiger partial charge >= 0.3 is 0 Å². The maximum Gasteiger partial charge on any atom is 0.159 e. The molecule has 0 bridgehead atoms. The van der Waals surface area contributed by atoms with E-state index in [1.54, 1.807) is 6.92 Å². The van der Waals surface area contributed by atoms with Gasteiger partial charge in [0.1, 0.15) is 0 Å². The van der Waals surface area contributed by atoms with Crippen LogP contribution in [0.4, 0.5) is 0 Å². The van der Waals surface area contributed by atoms with Crippen molar-refractivity contribution < 1.29 is 4.79 Å². The molecule has 2 aromatic rings. The summed E-state index contributed by atoms with van der Waals surface area (Å²) < 4.78 is 0. The predicted molar refractivity (Wildman–Crippen MR) is 102 cm³/mol. The van der Waals surface area contributed by atoms with Crippen LogP contribution in [0.5, 0.6) is 0 Å². The van der Waals surface area contributed by atoms with Crippen molar-refractivity contribution >= 4 is 5.78 Å². The average Bonchev–Trinajstić information content (AvgIpc) is 2.93. The summed E-state index contributed by atoms with van der Waals surface area (Å²) in [4.78, 5) is 11.8. The van der Waals surface area contributed by atoms with Crippen LogP contribution in [0.25, 0.3) is 11.1 Å². The van der Waals surface area contributed by atoms with Gasteiger partial charge < -0.3 is 0 Å². The Balaban J connectivity index is 2.14. The first kappa shape index (κ1) is 17.0. The van der Waals surface area contributed by atoms with Gasteiger partial charge in [-0.3, -0.25) is 4.79 Å². The van der Waals surface area contributed by atoms with E-state index in [1.165, 1.54) is 41.5 Å². The predicted octanol–water partition coefficient (Wildman–Crippen LogP) is 6.41. The molecule has 1 aliphatic carbocycles. The third-order valence-corrected chi connectivity index (χ3v) is 5.74. The zero-order chi connectivity index (χ0) is 17.3. The van der Waals surface area contributed by atoms with Crippen LogP contribution in [0.1, 0.15) is 74.4 Å². The number of Topliss-reactive ketones (excluding diaryl/α,β-unsaturated/α-hetero) is 1. The van der Waals surface area contributed by atoms with E-state index < -0.39 is 0 Å². The minimum absolute atomic E-state index is 0.129. The summed E-state index contributed by atoms with van der Waals surface area (Å²) in [6.45, 7) is 8.66. The molecule has 0 aromatic heterocycles. The van der Waals surface area contributed by atoms with Crippen molar-refractivity contribution in [2.75, 3.05) is 0 Å². The Morgan fingerprint density at radius 3 is 2.58 bits per heavy atom. The molecule has 0 spiro atoms. The van der Waals surface area contributed by atoms with Crippen LogP contribution < -0.4 is 0 Å². The number of hydrogen-bond acceptors (Lipinski definition) is 1. The first-order valence-electron chi connectivity index (χ1n) is 9.16. The normalized spacial score (nSPS) is 19.4. The number of aryl methyl sites for hydroxylation is 1. The minimum atomic E-state index is 0.129. The number of carbonyl (C=O) groups excluding carboxylic acids is 1. The quantitative estimate of drug-likeness (QED) is 0.595. The molecule has 0 N–H and O–H groups in total. The standard InChI is InChI=1S/C23H28O/c1-5-17-11-12-20(19-9-6-8-18(15-19)16(2)24)21(14-17)22-10-7-13-23(22,3)4/h6,8-9,11-12,14-15,22H,5,7,10,13H2,1-4H3/t22-/m1/s1. The summed E-state index contributed by atoms with van der Waals surface area (Å²) in [5, 5.41) is 0. The number of hydrogen-bond donors (Lipinski definition) is 0. The van der Waals surface area contributed by atoms with Crippen molar-refractivity contribution in [2.24, 2.45) is 5.41 Å². The van der Waals surface area contributed by atoms with Crippen LogP contribution >= 0.6 is 0 Å². The molecule has 1 aliphatic rings. The Labute approximate surface area is 146 Å². The number of carbonyl (C=O) groups is 1. The Bertz CT molecular complexity index is 754. The van der Waals surface area contributed by atoms with Crippen molar-refractivity contribution in [3.05, 3.63) is 59.2 Å². The molecule has 2 aromatic carbocycles. The lowest BCUT2D eigenvalue weighted by Gasteiger charge is -2.30. The first-order valence-corrected chi connectivity index (χ1v) is 9.16. The van der Waals surface area contributed by atoms with Gasteiger partial charge in [0.15, 0.2) is 5.78 Å². The second-order valence-corrected chi connectivity index (χ2v) is 7.85. The molecule has 0 radical (unpaired) electrons. The third-order valence-electron chi connectivity index (χ3n) is 5.74.